The van der Waals surface area contributed by atoms with Gasteiger partial charge in [-0.15, -0.1) is 11.3 Å². The minimum absolute atomic E-state index is 0.635. The van der Waals surface area contributed by atoms with E-state index >= 15 is 0 Å². The lowest BCUT2D eigenvalue weighted by atomic mass is 10.2. The van der Waals surface area contributed by atoms with Gasteiger partial charge in [0.15, 0.2) is 0 Å². The molecule has 1 heterocycles. The number of hydrogen-bond donors (Lipinski definition) is 1. The van der Waals surface area contributed by atoms with Crippen molar-refractivity contribution < 1.29 is 0 Å². The largest absolute Gasteiger partial charge is 0.314 e. The van der Waals surface area contributed by atoms with E-state index in [2.05, 4.69) is 25.2 Å². The molecule has 0 saturated heterocycles. The molecule has 1 N–H and O–H groups in total. The molecule has 0 spiro atoms. The first-order chi connectivity index (χ1) is 6.72. The van der Waals surface area contributed by atoms with Gasteiger partial charge < -0.3 is 5.32 Å². The van der Waals surface area contributed by atoms with Crippen molar-refractivity contribution in [1.29, 1.82) is 0 Å². The number of halogens is 1. The third kappa shape index (κ3) is 4.45. The van der Waals surface area contributed by atoms with Crippen LogP contribution in [0.4, 0.5) is 0 Å². The maximum absolute atomic E-state index is 5.85. The standard InChI is InChI=1S/C11H18ClNS/c1-3-4-9(2)13-8-7-10-5-6-11(12)14-10/h5-6,9,13H,3-4,7-8H2,1-2H3. The lowest BCUT2D eigenvalue weighted by Gasteiger charge is -2.11. The van der Waals surface area contributed by atoms with E-state index in [9.17, 15) is 0 Å². The van der Waals surface area contributed by atoms with Gasteiger partial charge in [-0.05, 0) is 31.9 Å². The van der Waals surface area contributed by atoms with E-state index < -0.39 is 0 Å². The molecule has 0 aliphatic carbocycles. The molecule has 0 aliphatic heterocycles. The summed E-state index contributed by atoms with van der Waals surface area (Å²) in [6.07, 6.45) is 3.59. The fraction of sp³-hybridized carbons (Fsp3) is 0.636. The molecule has 0 radical (unpaired) electrons. The summed E-state index contributed by atoms with van der Waals surface area (Å²) < 4.78 is 0.890. The normalized spacial score (nSPS) is 13.1. The quantitative estimate of drug-likeness (QED) is 0.787. The number of rotatable bonds is 6. The first-order valence-electron chi connectivity index (χ1n) is 5.20. The fourth-order valence-corrected chi connectivity index (χ4v) is 2.55. The van der Waals surface area contributed by atoms with Crippen LogP contribution in [0.1, 0.15) is 31.6 Å². The van der Waals surface area contributed by atoms with Crippen molar-refractivity contribution in [3.63, 3.8) is 0 Å². The second kappa shape index (κ2) is 6.44. The molecule has 1 rings (SSSR count). The van der Waals surface area contributed by atoms with Gasteiger partial charge in [-0.2, -0.15) is 0 Å². The average Bonchev–Trinajstić information content (AvgIpc) is 2.52. The van der Waals surface area contributed by atoms with Crippen LogP contribution in [-0.2, 0) is 6.42 Å². The highest BCUT2D eigenvalue weighted by Crippen LogP contribution is 2.21. The molecule has 1 aromatic heterocycles. The van der Waals surface area contributed by atoms with E-state index in [1.807, 2.05) is 6.07 Å². The number of thiophene rings is 1. The van der Waals surface area contributed by atoms with E-state index in [0.717, 1.165) is 17.3 Å². The van der Waals surface area contributed by atoms with Gasteiger partial charge in [-0.1, -0.05) is 24.9 Å². The zero-order chi connectivity index (χ0) is 10.4. The van der Waals surface area contributed by atoms with Gasteiger partial charge in [0.2, 0.25) is 0 Å². The highest BCUT2D eigenvalue weighted by molar-refractivity contribution is 7.16. The van der Waals surface area contributed by atoms with Crippen LogP contribution in [0.5, 0.6) is 0 Å². The van der Waals surface area contributed by atoms with Crippen LogP contribution in [0.15, 0.2) is 12.1 Å². The molecule has 0 bridgehead atoms. The Bertz CT molecular complexity index is 260. The Labute approximate surface area is 95.5 Å². The molecule has 0 aliphatic rings. The Kier molecular flexibility index (Phi) is 5.53. The van der Waals surface area contributed by atoms with Crippen LogP contribution in [-0.4, -0.2) is 12.6 Å². The topological polar surface area (TPSA) is 12.0 Å². The van der Waals surface area contributed by atoms with Gasteiger partial charge in [0.1, 0.15) is 0 Å². The molecule has 80 valence electrons. The van der Waals surface area contributed by atoms with Gasteiger partial charge >= 0.3 is 0 Å². The Morgan fingerprint density at radius 1 is 1.50 bits per heavy atom. The van der Waals surface area contributed by atoms with Crippen molar-refractivity contribution in [3.8, 4) is 0 Å². The molecular formula is C11H18ClNS. The zero-order valence-corrected chi connectivity index (χ0v) is 10.4. The van der Waals surface area contributed by atoms with Crippen LogP contribution in [0.3, 0.4) is 0 Å². The van der Waals surface area contributed by atoms with E-state index in [1.54, 1.807) is 11.3 Å². The predicted molar refractivity (Wildman–Crippen MR) is 65.4 cm³/mol. The summed E-state index contributed by atoms with van der Waals surface area (Å²) in [4.78, 5) is 1.37. The predicted octanol–water partition coefficient (Wildman–Crippen LogP) is 3.72. The van der Waals surface area contributed by atoms with Crippen molar-refractivity contribution in [2.24, 2.45) is 0 Å². The smallest absolute Gasteiger partial charge is 0.0931 e. The first-order valence-corrected chi connectivity index (χ1v) is 6.39. The fourth-order valence-electron chi connectivity index (χ4n) is 1.46. The van der Waals surface area contributed by atoms with Crippen LogP contribution in [0.25, 0.3) is 0 Å². The molecule has 1 aromatic rings. The summed E-state index contributed by atoms with van der Waals surface area (Å²) in [5, 5.41) is 3.50. The molecular weight excluding hydrogens is 214 g/mol. The zero-order valence-electron chi connectivity index (χ0n) is 8.85. The molecule has 0 saturated carbocycles. The monoisotopic (exact) mass is 231 g/mol. The van der Waals surface area contributed by atoms with Crippen LogP contribution >= 0.6 is 22.9 Å². The molecule has 1 unspecified atom stereocenters. The highest BCUT2D eigenvalue weighted by atomic mass is 35.5. The van der Waals surface area contributed by atoms with Gasteiger partial charge in [0.25, 0.3) is 0 Å². The molecule has 0 amide bonds. The third-order valence-electron chi connectivity index (χ3n) is 2.21. The Balaban J connectivity index is 2.15. The van der Waals surface area contributed by atoms with E-state index in [-0.39, 0.29) is 0 Å². The summed E-state index contributed by atoms with van der Waals surface area (Å²) in [5.41, 5.74) is 0. The lowest BCUT2D eigenvalue weighted by molar-refractivity contribution is 0.513. The van der Waals surface area contributed by atoms with Gasteiger partial charge in [-0.3, -0.25) is 0 Å². The summed E-state index contributed by atoms with van der Waals surface area (Å²) in [7, 11) is 0. The summed E-state index contributed by atoms with van der Waals surface area (Å²) in [6.45, 7) is 5.51. The second-order valence-corrected chi connectivity index (χ2v) is 5.40. The number of nitrogens with one attached hydrogen (secondary N) is 1. The van der Waals surface area contributed by atoms with Crippen LogP contribution in [0, 0.1) is 0 Å². The molecule has 0 aromatic carbocycles. The van der Waals surface area contributed by atoms with E-state index in [4.69, 9.17) is 11.6 Å². The Morgan fingerprint density at radius 2 is 2.29 bits per heavy atom. The molecule has 3 heteroatoms. The maximum atomic E-state index is 5.85. The van der Waals surface area contributed by atoms with E-state index in [1.165, 1.54) is 17.7 Å². The molecule has 1 atom stereocenters. The van der Waals surface area contributed by atoms with Crippen molar-refractivity contribution >= 4 is 22.9 Å². The summed E-state index contributed by atoms with van der Waals surface area (Å²) >= 11 is 7.53. The number of hydrogen-bond acceptors (Lipinski definition) is 2. The average molecular weight is 232 g/mol. The van der Waals surface area contributed by atoms with E-state index in [0.29, 0.717) is 6.04 Å². The summed E-state index contributed by atoms with van der Waals surface area (Å²) in [6, 6.07) is 4.71. The third-order valence-corrected chi connectivity index (χ3v) is 3.51. The molecule has 0 fully saturated rings. The Hall–Kier alpha value is -0.0500. The summed E-state index contributed by atoms with van der Waals surface area (Å²) in [5.74, 6) is 0. The lowest BCUT2D eigenvalue weighted by Crippen LogP contribution is -2.27. The van der Waals surface area contributed by atoms with Gasteiger partial charge in [0.05, 0.1) is 4.34 Å². The SMILES string of the molecule is CCCC(C)NCCc1ccc(Cl)s1. The van der Waals surface area contributed by atoms with Crippen molar-refractivity contribution in [2.75, 3.05) is 6.54 Å². The van der Waals surface area contributed by atoms with Crippen molar-refractivity contribution in [3.05, 3.63) is 21.3 Å². The second-order valence-electron chi connectivity index (χ2n) is 3.60. The van der Waals surface area contributed by atoms with Crippen LogP contribution < -0.4 is 5.32 Å². The highest BCUT2D eigenvalue weighted by Gasteiger charge is 2.00. The minimum Gasteiger partial charge on any atom is -0.314 e. The molecule has 1 nitrogen and oxygen atoms in total. The first kappa shape index (κ1) is 12.0. The van der Waals surface area contributed by atoms with Gasteiger partial charge in [0, 0.05) is 17.5 Å². The molecule has 14 heavy (non-hydrogen) atoms. The van der Waals surface area contributed by atoms with Crippen LogP contribution in [0.2, 0.25) is 4.34 Å². The van der Waals surface area contributed by atoms with Crippen molar-refractivity contribution in [2.45, 2.75) is 39.2 Å². The van der Waals surface area contributed by atoms with Crippen molar-refractivity contribution in [1.82, 2.24) is 5.32 Å². The Morgan fingerprint density at radius 3 is 2.86 bits per heavy atom. The maximum Gasteiger partial charge on any atom is 0.0931 e. The minimum atomic E-state index is 0.635. The van der Waals surface area contributed by atoms with Gasteiger partial charge in [-0.25, -0.2) is 0 Å².